The summed E-state index contributed by atoms with van der Waals surface area (Å²) >= 11 is 5.72. The minimum atomic E-state index is -0.621. The molecule has 0 bridgehead atoms. The van der Waals surface area contributed by atoms with Gasteiger partial charge in [-0.05, 0) is 25.8 Å². The van der Waals surface area contributed by atoms with Gasteiger partial charge in [-0.15, -0.1) is 0 Å². The van der Waals surface area contributed by atoms with Crippen LogP contribution in [0.1, 0.15) is 26.3 Å². The molecule has 7 nitrogen and oxygen atoms in total. The van der Waals surface area contributed by atoms with E-state index in [1.807, 2.05) is 13.0 Å². The van der Waals surface area contributed by atoms with Crippen molar-refractivity contribution in [1.29, 1.82) is 10.5 Å². The van der Waals surface area contributed by atoms with E-state index in [1.54, 1.807) is 14.0 Å². The highest BCUT2D eigenvalue weighted by Crippen LogP contribution is 2.66. The Morgan fingerprint density at radius 1 is 0.875 bits per heavy atom. The van der Waals surface area contributed by atoms with Crippen LogP contribution in [0.3, 0.4) is 0 Å². The van der Waals surface area contributed by atoms with Gasteiger partial charge < -0.3 is 9.47 Å². The second kappa shape index (κ2) is 11.4. The number of carbonyl (C=O) groups is 1. The molecule has 168 valence electrons. The van der Waals surface area contributed by atoms with E-state index in [1.165, 1.54) is 47.0 Å². The first kappa shape index (κ1) is 24.9. The second-order valence-corrected chi connectivity index (χ2v) is 10.7. The molecule has 0 N–H and O–H groups in total. The van der Waals surface area contributed by atoms with Crippen molar-refractivity contribution in [2.45, 2.75) is 46.8 Å². The molecule has 1 aromatic carbocycles. The van der Waals surface area contributed by atoms with E-state index in [0.717, 1.165) is 35.8 Å². The van der Waals surface area contributed by atoms with E-state index in [0.29, 0.717) is 22.2 Å². The summed E-state index contributed by atoms with van der Waals surface area (Å²) in [6.07, 6.45) is 0.745. The SMILES string of the molecule is CCOOC/C(C#N)=C1\Sc2c(CC)c3c(c(OC)c2S1)S/C(=C(/C#N)C(=O)OCC)S3. The predicted octanol–water partition coefficient (Wildman–Crippen LogP) is 5.65. The Balaban J connectivity index is 2.06. The Morgan fingerprint density at radius 3 is 2.03 bits per heavy atom. The Kier molecular flexibility index (Phi) is 8.88. The van der Waals surface area contributed by atoms with Crippen LogP contribution in [0.5, 0.6) is 5.75 Å². The first-order valence-electron chi connectivity index (χ1n) is 9.71. The number of ether oxygens (including phenoxy) is 2. The monoisotopic (exact) mass is 508 g/mol. The molecule has 2 heterocycles. The number of nitrogens with zero attached hydrogens (tertiary/aromatic N) is 2. The number of thioether (sulfide) groups is 4. The van der Waals surface area contributed by atoms with Gasteiger partial charge in [-0.2, -0.15) is 10.5 Å². The van der Waals surface area contributed by atoms with Crippen molar-refractivity contribution in [3.63, 3.8) is 0 Å². The maximum atomic E-state index is 12.3. The molecule has 2 aliphatic rings. The summed E-state index contributed by atoms with van der Waals surface area (Å²) < 4.78 is 12.2. The van der Waals surface area contributed by atoms with Crippen LogP contribution in [0.2, 0.25) is 0 Å². The van der Waals surface area contributed by atoms with Crippen LogP contribution < -0.4 is 4.74 Å². The fourth-order valence-electron chi connectivity index (χ4n) is 2.93. The number of nitriles is 2. The zero-order chi connectivity index (χ0) is 23.3. The van der Waals surface area contributed by atoms with Gasteiger partial charge in [0.1, 0.15) is 18.4 Å². The number of hydrogen-bond acceptors (Lipinski definition) is 11. The maximum absolute atomic E-state index is 12.3. The molecule has 0 aromatic heterocycles. The van der Waals surface area contributed by atoms with Gasteiger partial charge in [-0.1, -0.05) is 54.0 Å². The number of fused-ring (bicyclic) bond motifs is 2. The lowest BCUT2D eigenvalue weighted by Gasteiger charge is -2.14. The number of methoxy groups -OCH3 is 1. The summed E-state index contributed by atoms with van der Waals surface area (Å²) in [4.78, 5) is 26.1. The summed E-state index contributed by atoms with van der Waals surface area (Å²) in [7, 11) is 1.60. The summed E-state index contributed by atoms with van der Waals surface area (Å²) in [5, 5.41) is 19.2. The normalized spacial score (nSPS) is 17.2. The quantitative estimate of drug-likeness (QED) is 0.109. The first-order valence-corrected chi connectivity index (χ1v) is 13.0. The van der Waals surface area contributed by atoms with Crippen molar-refractivity contribution < 1.29 is 24.0 Å². The number of rotatable bonds is 8. The van der Waals surface area contributed by atoms with Gasteiger partial charge in [0.25, 0.3) is 0 Å². The van der Waals surface area contributed by atoms with Gasteiger partial charge in [-0.3, -0.25) is 0 Å². The van der Waals surface area contributed by atoms with Gasteiger partial charge in [0.15, 0.2) is 5.57 Å². The average Bonchev–Trinajstić information content (AvgIpc) is 3.40. The van der Waals surface area contributed by atoms with Crippen LogP contribution in [0.4, 0.5) is 0 Å². The van der Waals surface area contributed by atoms with Crippen molar-refractivity contribution in [2.24, 2.45) is 0 Å². The molecular weight excluding hydrogens is 489 g/mol. The molecule has 0 atom stereocenters. The van der Waals surface area contributed by atoms with Gasteiger partial charge in [0.05, 0.1) is 50.2 Å². The van der Waals surface area contributed by atoms with Crippen molar-refractivity contribution in [2.75, 3.05) is 26.9 Å². The summed E-state index contributed by atoms with van der Waals surface area (Å²) in [5.41, 5.74) is 1.59. The smallest absolute Gasteiger partial charge is 0.350 e. The maximum Gasteiger partial charge on any atom is 0.350 e. The summed E-state index contributed by atoms with van der Waals surface area (Å²) in [5.74, 6) is 0.0562. The number of esters is 1. The topological polar surface area (TPSA) is 102 Å². The van der Waals surface area contributed by atoms with E-state index >= 15 is 0 Å². The Bertz CT molecular complexity index is 1040. The standard InChI is InChI=1S/C21H20N2O5S4/c1-5-12-15-17(31-20(29-15)11(8-22)10-28-27-7-3)14(25-4)18-16(12)30-21(32-18)13(9-23)19(24)26-6-2/h5-7,10H2,1-4H3/b20-11+,21-13-. The Hall–Kier alpha value is -1.73. The lowest BCUT2D eigenvalue weighted by Crippen LogP contribution is -2.07. The van der Waals surface area contributed by atoms with Crippen molar-refractivity contribution in [1.82, 2.24) is 0 Å². The third kappa shape index (κ3) is 4.79. The van der Waals surface area contributed by atoms with E-state index in [-0.39, 0.29) is 18.8 Å². The molecule has 0 amide bonds. The van der Waals surface area contributed by atoms with Crippen LogP contribution in [-0.2, 0) is 25.7 Å². The van der Waals surface area contributed by atoms with Gasteiger partial charge in [-0.25, -0.2) is 14.6 Å². The molecular formula is C21H20N2O5S4. The molecule has 0 spiro atoms. The molecule has 0 fully saturated rings. The highest BCUT2D eigenvalue weighted by atomic mass is 32.2. The molecule has 11 heteroatoms. The number of hydrogen-bond donors (Lipinski definition) is 0. The summed E-state index contributed by atoms with van der Waals surface area (Å²) in [6.45, 7) is 6.24. The van der Waals surface area contributed by atoms with Crippen LogP contribution >= 0.6 is 47.0 Å². The minimum absolute atomic E-state index is 0.00282. The van der Waals surface area contributed by atoms with E-state index in [9.17, 15) is 15.3 Å². The second-order valence-electron chi connectivity index (χ2n) is 6.13. The molecule has 3 rings (SSSR count). The molecule has 0 radical (unpaired) electrons. The molecule has 0 saturated carbocycles. The van der Waals surface area contributed by atoms with Crippen molar-refractivity contribution >= 4 is 53.0 Å². The summed E-state index contributed by atoms with van der Waals surface area (Å²) in [6, 6.07) is 4.20. The lowest BCUT2D eigenvalue weighted by atomic mass is 10.1. The molecule has 32 heavy (non-hydrogen) atoms. The zero-order valence-electron chi connectivity index (χ0n) is 17.9. The van der Waals surface area contributed by atoms with Gasteiger partial charge in [0.2, 0.25) is 0 Å². The first-order chi connectivity index (χ1) is 15.5. The van der Waals surface area contributed by atoms with Gasteiger partial charge >= 0.3 is 5.97 Å². The van der Waals surface area contributed by atoms with Crippen LogP contribution in [0, 0.1) is 22.7 Å². The van der Waals surface area contributed by atoms with Gasteiger partial charge in [0, 0.05) is 9.79 Å². The lowest BCUT2D eigenvalue weighted by molar-refractivity contribution is -0.283. The molecule has 1 aromatic rings. The largest absolute Gasteiger partial charge is 0.494 e. The Labute approximate surface area is 203 Å². The number of carbonyl (C=O) groups excluding carboxylic acids is 1. The fourth-order valence-corrected chi connectivity index (χ4v) is 8.65. The Morgan fingerprint density at radius 2 is 1.50 bits per heavy atom. The predicted molar refractivity (Wildman–Crippen MR) is 125 cm³/mol. The molecule has 0 saturated heterocycles. The number of benzene rings is 1. The average molecular weight is 509 g/mol. The van der Waals surface area contributed by atoms with E-state index in [2.05, 4.69) is 13.0 Å². The van der Waals surface area contributed by atoms with Crippen molar-refractivity contribution in [3.05, 3.63) is 25.2 Å². The van der Waals surface area contributed by atoms with E-state index in [4.69, 9.17) is 19.2 Å². The van der Waals surface area contributed by atoms with Crippen LogP contribution in [0.15, 0.2) is 39.2 Å². The zero-order valence-corrected chi connectivity index (χ0v) is 21.2. The molecule has 0 aliphatic carbocycles. The fraction of sp³-hybridized carbons (Fsp3) is 0.381. The third-order valence-corrected chi connectivity index (χ3v) is 9.69. The van der Waals surface area contributed by atoms with E-state index < -0.39 is 5.97 Å². The molecule has 0 unspecified atom stereocenters. The van der Waals surface area contributed by atoms with Crippen molar-refractivity contribution in [3.8, 4) is 17.9 Å². The third-order valence-electron chi connectivity index (χ3n) is 4.29. The minimum Gasteiger partial charge on any atom is -0.494 e. The highest BCUT2D eigenvalue weighted by Gasteiger charge is 2.37. The molecule has 2 aliphatic heterocycles. The highest BCUT2D eigenvalue weighted by molar-refractivity contribution is 8.25. The van der Waals surface area contributed by atoms with Crippen LogP contribution in [0.25, 0.3) is 0 Å². The van der Waals surface area contributed by atoms with Crippen LogP contribution in [-0.4, -0.2) is 32.9 Å².